The van der Waals surface area contributed by atoms with Crippen LogP contribution in [0.2, 0.25) is 0 Å². The van der Waals surface area contributed by atoms with Crippen LogP contribution in [0.1, 0.15) is 6.42 Å². The van der Waals surface area contributed by atoms with Gasteiger partial charge in [0, 0.05) is 12.1 Å². The molecule has 0 aliphatic heterocycles. The first kappa shape index (κ1) is 10.2. The summed E-state index contributed by atoms with van der Waals surface area (Å²) in [6.45, 7) is 0.113. The molecule has 1 aromatic carbocycles. The van der Waals surface area contributed by atoms with Crippen molar-refractivity contribution in [3.63, 3.8) is 0 Å². The van der Waals surface area contributed by atoms with Crippen molar-refractivity contribution >= 4 is 18.1 Å². The second-order valence-electron chi connectivity index (χ2n) is 2.58. The molecule has 0 unspecified atom stereocenters. The van der Waals surface area contributed by atoms with Crippen LogP contribution >= 0.6 is 0 Å². The highest BCUT2D eigenvalue weighted by Crippen LogP contribution is 2.04. The molecular formula is C10H11NO3. The maximum absolute atomic E-state index is 11.0. The van der Waals surface area contributed by atoms with Gasteiger partial charge in [0.1, 0.15) is 6.29 Å². The van der Waals surface area contributed by atoms with Gasteiger partial charge in [-0.25, -0.2) is 4.79 Å². The SMILES string of the molecule is O=CCCOC(=O)Nc1ccccc1. The van der Waals surface area contributed by atoms with E-state index in [1.54, 1.807) is 24.3 Å². The highest BCUT2D eigenvalue weighted by atomic mass is 16.5. The number of rotatable bonds is 4. The molecule has 1 N–H and O–H groups in total. The van der Waals surface area contributed by atoms with Crippen LogP contribution in [-0.2, 0) is 9.53 Å². The summed E-state index contributed by atoms with van der Waals surface area (Å²) in [5, 5.41) is 2.52. The van der Waals surface area contributed by atoms with Gasteiger partial charge in [-0.1, -0.05) is 18.2 Å². The Morgan fingerprint density at radius 1 is 1.36 bits per heavy atom. The minimum atomic E-state index is -0.543. The average molecular weight is 193 g/mol. The Balaban J connectivity index is 2.31. The van der Waals surface area contributed by atoms with Crippen molar-refractivity contribution in [2.24, 2.45) is 0 Å². The summed E-state index contributed by atoms with van der Waals surface area (Å²) in [6.07, 6.45) is 0.385. The van der Waals surface area contributed by atoms with Gasteiger partial charge in [0.15, 0.2) is 0 Å². The summed E-state index contributed by atoms with van der Waals surface area (Å²) in [7, 11) is 0. The number of carbonyl (C=O) groups excluding carboxylic acids is 2. The van der Waals surface area contributed by atoms with E-state index >= 15 is 0 Å². The van der Waals surface area contributed by atoms with E-state index in [4.69, 9.17) is 4.74 Å². The average Bonchev–Trinajstić information content (AvgIpc) is 2.20. The smallest absolute Gasteiger partial charge is 0.411 e. The van der Waals surface area contributed by atoms with Crippen molar-refractivity contribution in [1.82, 2.24) is 0 Å². The fourth-order valence-electron chi connectivity index (χ4n) is 0.875. The van der Waals surface area contributed by atoms with Gasteiger partial charge >= 0.3 is 6.09 Å². The lowest BCUT2D eigenvalue weighted by Crippen LogP contribution is -2.14. The Kier molecular flexibility index (Phi) is 4.20. The Morgan fingerprint density at radius 3 is 2.71 bits per heavy atom. The van der Waals surface area contributed by atoms with E-state index in [0.29, 0.717) is 12.0 Å². The molecule has 0 bridgehead atoms. The quantitative estimate of drug-likeness (QED) is 0.586. The number of hydrogen-bond donors (Lipinski definition) is 1. The molecule has 0 saturated heterocycles. The Labute approximate surface area is 81.9 Å². The lowest BCUT2D eigenvalue weighted by atomic mass is 10.3. The fraction of sp³-hybridized carbons (Fsp3) is 0.200. The molecular weight excluding hydrogens is 182 g/mol. The van der Waals surface area contributed by atoms with Crippen molar-refractivity contribution in [1.29, 1.82) is 0 Å². The number of carbonyl (C=O) groups is 2. The lowest BCUT2D eigenvalue weighted by Gasteiger charge is -2.04. The maximum Gasteiger partial charge on any atom is 0.411 e. The largest absolute Gasteiger partial charge is 0.449 e. The minimum Gasteiger partial charge on any atom is -0.449 e. The van der Waals surface area contributed by atoms with Gasteiger partial charge < -0.3 is 9.53 Å². The molecule has 0 saturated carbocycles. The second-order valence-corrected chi connectivity index (χ2v) is 2.58. The Morgan fingerprint density at radius 2 is 2.07 bits per heavy atom. The molecule has 4 nitrogen and oxygen atoms in total. The molecule has 4 heteroatoms. The topological polar surface area (TPSA) is 55.4 Å². The van der Waals surface area contributed by atoms with E-state index in [2.05, 4.69) is 5.32 Å². The van der Waals surface area contributed by atoms with Gasteiger partial charge in [-0.05, 0) is 12.1 Å². The van der Waals surface area contributed by atoms with Crippen molar-refractivity contribution in [2.75, 3.05) is 11.9 Å². The maximum atomic E-state index is 11.0. The molecule has 0 fully saturated rings. The van der Waals surface area contributed by atoms with Crippen LogP contribution in [0, 0.1) is 0 Å². The summed E-state index contributed by atoms with van der Waals surface area (Å²) in [6, 6.07) is 8.97. The highest BCUT2D eigenvalue weighted by Gasteiger charge is 2.00. The van der Waals surface area contributed by atoms with Gasteiger partial charge in [-0.3, -0.25) is 5.32 Å². The molecule has 0 spiro atoms. The van der Waals surface area contributed by atoms with Crippen LogP contribution in [-0.4, -0.2) is 19.0 Å². The predicted octanol–water partition coefficient (Wildman–Crippen LogP) is 1.82. The number of ether oxygens (including phenoxy) is 1. The normalized spacial score (nSPS) is 9.14. The third kappa shape index (κ3) is 3.71. The number of nitrogens with one attached hydrogen (secondary N) is 1. The molecule has 14 heavy (non-hydrogen) atoms. The van der Waals surface area contributed by atoms with E-state index in [-0.39, 0.29) is 13.0 Å². The van der Waals surface area contributed by atoms with Crippen molar-refractivity contribution < 1.29 is 14.3 Å². The number of anilines is 1. The highest BCUT2D eigenvalue weighted by molar-refractivity contribution is 5.84. The van der Waals surface area contributed by atoms with Gasteiger partial charge in [0.25, 0.3) is 0 Å². The molecule has 0 heterocycles. The zero-order valence-corrected chi connectivity index (χ0v) is 7.60. The first-order chi connectivity index (χ1) is 6.83. The summed E-state index contributed by atoms with van der Waals surface area (Å²) >= 11 is 0. The number of benzene rings is 1. The number of amides is 1. The summed E-state index contributed by atoms with van der Waals surface area (Å²) in [5.41, 5.74) is 0.670. The molecule has 0 radical (unpaired) electrons. The van der Waals surface area contributed by atoms with E-state index in [9.17, 15) is 9.59 Å². The monoisotopic (exact) mass is 193 g/mol. The third-order valence-corrected chi connectivity index (χ3v) is 1.49. The third-order valence-electron chi connectivity index (χ3n) is 1.49. The first-order valence-corrected chi connectivity index (χ1v) is 4.25. The molecule has 1 amide bonds. The Bertz CT molecular complexity index is 297. The molecule has 0 aliphatic carbocycles. The van der Waals surface area contributed by atoms with Crippen LogP contribution < -0.4 is 5.32 Å². The van der Waals surface area contributed by atoms with Crippen LogP contribution in [0.25, 0.3) is 0 Å². The first-order valence-electron chi connectivity index (χ1n) is 4.25. The standard InChI is InChI=1S/C10H11NO3/c12-7-4-8-14-10(13)11-9-5-2-1-3-6-9/h1-3,5-7H,4,8H2,(H,11,13). The Hall–Kier alpha value is -1.84. The van der Waals surface area contributed by atoms with E-state index in [0.717, 1.165) is 0 Å². The summed E-state index contributed by atoms with van der Waals surface area (Å²) in [4.78, 5) is 21.0. The van der Waals surface area contributed by atoms with Crippen LogP contribution in [0.3, 0.4) is 0 Å². The van der Waals surface area contributed by atoms with Gasteiger partial charge in [-0.15, -0.1) is 0 Å². The number of aldehydes is 1. The van der Waals surface area contributed by atoms with Crippen molar-refractivity contribution in [3.05, 3.63) is 30.3 Å². The van der Waals surface area contributed by atoms with E-state index in [1.807, 2.05) is 6.07 Å². The van der Waals surface area contributed by atoms with E-state index < -0.39 is 6.09 Å². The van der Waals surface area contributed by atoms with Crippen LogP contribution in [0.15, 0.2) is 30.3 Å². The van der Waals surface area contributed by atoms with Gasteiger partial charge in [0.2, 0.25) is 0 Å². The molecule has 1 aromatic rings. The number of hydrogen-bond acceptors (Lipinski definition) is 3. The summed E-state index contributed by atoms with van der Waals surface area (Å²) < 4.78 is 4.71. The second kappa shape index (κ2) is 5.75. The molecule has 0 aliphatic rings. The van der Waals surface area contributed by atoms with Crippen LogP contribution in [0.5, 0.6) is 0 Å². The molecule has 1 rings (SSSR count). The predicted molar refractivity (Wildman–Crippen MR) is 52.1 cm³/mol. The van der Waals surface area contributed by atoms with Crippen LogP contribution in [0.4, 0.5) is 10.5 Å². The fourth-order valence-corrected chi connectivity index (χ4v) is 0.875. The minimum absolute atomic E-state index is 0.113. The van der Waals surface area contributed by atoms with Gasteiger partial charge in [-0.2, -0.15) is 0 Å². The molecule has 0 atom stereocenters. The zero-order chi connectivity index (χ0) is 10.2. The van der Waals surface area contributed by atoms with Crippen molar-refractivity contribution in [2.45, 2.75) is 6.42 Å². The zero-order valence-electron chi connectivity index (χ0n) is 7.60. The van der Waals surface area contributed by atoms with E-state index in [1.165, 1.54) is 0 Å². The molecule has 0 aromatic heterocycles. The van der Waals surface area contributed by atoms with Crippen molar-refractivity contribution in [3.8, 4) is 0 Å². The summed E-state index contributed by atoms with van der Waals surface area (Å²) in [5.74, 6) is 0. The van der Waals surface area contributed by atoms with Gasteiger partial charge in [0.05, 0.1) is 6.61 Å². The lowest BCUT2D eigenvalue weighted by molar-refractivity contribution is -0.108. The molecule has 74 valence electrons. The number of para-hydroxylation sites is 1.